The van der Waals surface area contributed by atoms with Crippen molar-refractivity contribution in [1.82, 2.24) is 0 Å². The molecule has 1 spiro atoms. The summed E-state index contributed by atoms with van der Waals surface area (Å²) in [4.78, 5) is 11.1. The molecule has 0 bridgehead atoms. The first kappa shape index (κ1) is 13.7. The third-order valence-corrected chi connectivity index (χ3v) is 3.30. The number of carbonyl (C=O) groups excluding carboxylic acids is 1. The van der Waals surface area contributed by atoms with Gasteiger partial charge in [0.25, 0.3) is 0 Å². The molecule has 6 heteroatoms. The molecule has 2 aliphatic rings. The van der Waals surface area contributed by atoms with E-state index in [1.54, 1.807) is 6.92 Å². The minimum Gasteiger partial charge on any atom is -0.466 e. The summed E-state index contributed by atoms with van der Waals surface area (Å²) in [5.74, 6) is -0.188. The van der Waals surface area contributed by atoms with Crippen LogP contribution in [0.5, 0.6) is 0 Å². The van der Waals surface area contributed by atoms with E-state index >= 15 is 0 Å². The normalized spacial score (nSPS) is 27.1. The van der Waals surface area contributed by atoms with Gasteiger partial charge in [-0.2, -0.15) is 0 Å². The molecule has 0 N–H and O–H groups in total. The Morgan fingerprint density at radius 1 is 1.22 bits per heavy atom. The van der Waals surface area contributed by atoms with Crippen molar-refractivity contribution in [3.05, 3.63) is 0 Å². The van der Waals surface area contributed by atoms with Crippen LogP contribution in [0.25, 0.3) is 0 Å². The van der Waals surface area contributed by atoms with Crippen molar-refractivity contribution in [2.24, 2.45) is 5.41 Å². The fraction of sp³-hybridized carbons (Fsp3) is 0.917. The SMILES string of the molecule is CCC(=O)OCCC1OCOCC12COCOC2. The Bertz CT molecular complexity index is 265. The fourth-order valence-corrected chi connectivity index (χ4v) is 2.28. The van der Waals surface area contributed by atoms with E-state index < -0.39 is 0 Å². The van der Waals surface area contributed by atoms with Crippen LogP contribution < -0.4 is 0 Å². The molecule has 0 aromatic carbocycles. The van der Waals surface area contributed by atoms with E-state index in [1.165, 1.54) is 0 Å². The van der Waals surface area contributed by atoms with E-state index in [0.29, 0.717) is 46.1 Å². The van der Waals surface area contributed by atoms with Gasteiger partial charge in [-0.25, -0.2) is 0 Å². The lowest BCUT2D eigenvalue weighted by Crippen LogP contribution is -2.54. The minimum absolute atomic E-state index is 0.0591. The number of hydrogen-bond acceptors (Lipinski definition) is 6. The second-order valence-corrected chi connectivity index (χ2v) is 4.66. The molecule has 0 saturated carbocycles. The molecule has 0 aliphatic carbocycles. The zero-order valence-corrected chi connectivity index (χ0v) is 10.7. The van der Waals surface area contributed by atoms with Gasteiger partial charge in [0.1, 0.15) is 13.6 Å². The van der Waals surface area contributed by atoms with E-state index in [9.17, 15) is 4.79 Å². The predicted molar refractivity (Wildman–Crippen MR) is 60.8 cm³/mol. The number of esters is 1. The highest BCUT2D eigenvalue weighted by atomic mass is 16.7. The van der Waals surface area contributed by atoms with E-state index in [1.807, 2.05) is 0 Å². The topological polar surface area (TPSA) is 63.2 Å². The van der Waals surface area contributed by atoms with Gasteiger partial charge in [0, 0.05) is 12.8 Å². The van der Waals surface area contributed by atoms with E-state index in [-0.39, 0.29) is 24.3 Å². The highest BCUT2D eigenvalue weighted by Gasteiger charge is 2.45. The first-order valence-electron chi connectivity index (χ1n) is 6.27. The van der Waals surface area contributed by atoms with Crippen LogP contribution in [0.15, 0.2) is 0 Å². The lowest BCUT2D eigenvalue weighted by molar-refractivity contribution is -0.278. The van der Waals surface area contributed by atoms with Crippen LogP contribution in [0.4, 0.5) is 0 Å². The third-order valence-electron chi connectivity index (χ3n) is 3.30. The van der Waals surface area contributed by atoms with Crippen molar-refractivity contribution >= 4 is 5.97 Å². The molecule has 18 heavy (non-hydrogen) atoms. The summed E-state index contributed by atoms with van der Waals surface area (Å²) in [7, 11) is 0. The maximum Gasteiger partial charge on any atom is 0.305 e. The van der Waals surface area contributed by atoms with Crippen LogP contribution in [0.1, 0.15) is 19.8 Å². The lowest BCUT2D eigenvalue weighted by atomic mass is 9.81. The highest BCUT2D eigenvalue weighted by molar-refractivity contribution is 5.68. The predicted octanol–water partition coefficient (Wildman–Crippen LogP) is 0.693. The summed E-state index contributed by atoms with van der Waals surface area (Å²) >= 11 is 0. The van der Waals surface area contributed by atoms with Crippen molar-refractivity contribution in [2.75, 3.05) is 40.0 Å². The Kier molecular flexibility index (Phi) is 4.94. The van der Waals surface area contributed by atoms with Gasteiger partial charge in [0.15, 0.2) is 0 Å². The van der Waals surface area contributed by atoms with Crippen LogP contribution in [-0.4, -0.2) is 52.1 Å². The summed E-state index contributed by atoms with van der Waals surface area (Å²) in [5, 5.41) is 0. The summed E-state index contributed by atoms with van der Waals surface area (Å²) in [5.41, 5.74) is -0.269. The molecule has 0 amide bonds. The quantitative estimate of drug-likeness (QED) is 0.693. The summed E-state index contributed by atoms with van der Waals surface area (Å²) in [6, 6.07) is 0. The molecule has 0 aromatic rings. The molecular formula is C12H20O6. The Morgan fingerprint density at radius 3 is 2.56 bits per heavy atom. The van der Waals surface area contributed by atoms with Gasteiger partial charge >= 0.3 is 5.97 Å². The second-order valence-electron chi connectivity index (χ2n) is 4.66. The molecule has 2 saturated heterocycles. The van der Waals surface area contributed by atoms with Crippen LogP contribution in [0, 0.1) is 5.41 Å². The zero-order chi connectivity index (χ0) is 12.8. The molecule has 2 fully saturated rings. The standard InChI is InChI=1S/C12H20O6/c1-2-11(13)17-4-3-10-12(7-16-9-18-10)5-14-8-15-6-12/h10H,2-9H2,1H3. The molecule has 0 radical (unpaired) electrons. The third kappa shape index (κ3) is 3.20. The van der Waals surface area contributed by atoms with E-state index in [2.05, 4.69) is 0 Å². The van der Waals surface area contributed by atoms with Gasteiger partial charge < -0.3 is 23.7 Å². The summed E-state index contributed by atoms with van der Waals surface area (Å²) in [6.45, 7) is 4.39. The van der Waals surface area contributed by atoms with E-state index in [4.69, 9.17) is 23.7 Å². The van der Waals surface area contributed by atoms with Crippen LogP contribution in [0.2, 0.25) is 0 Å². The van der Waals surface area contributed by atoms with Crippen molar-refractivity contribution in [3.8, 4) is 0 Å². The molecule has 2 aliphatic heterocycles. The van der Waals surface area contributed by atoms with Crippen molar-refractivity contribution in [1.29, 1.82) is 0 Å². The first-order valence-corrected chi connectivity index (χ1v) is 6.27. The smallest absolute Gasteiger partial charge is 0.305 e. The molecule has 1 unspecified atom stereocenters. The number of carbonyl (C=O) groups is 1. The van der Waals surface area contributed by atoms with Gasteiger partial charge in [-0.3, -0.25) is 4.79 Å². The van der Waals surface area contributed by atoms with Crippen LogP contribution in [0.3, 0.4) is 0 Å². The Morgan fingerprint density at radius 2 is 1.89 bits per heavy atom. The number of ether oxygens (including phenoxy) is 5. The minimum atomic E-state index is -0.269. The monoisotopic (exact) mass is 260 g/mol. The zero-order valence-electron chi connectivity index (χ0n) is 10.7. The molecule has 0 aromatic heterocycles. The van der Waals surface area contributed by atoms with Gasteiger partial charge in [-0.1, -0.05) is 6.92 Å². The van der Waals surface area contributed by atoms with Crippen LogP contribution >= 0.6 is 0 Å². The summed E-state index contributed by atoms with van der Waals surface area (Å²) in [6.07, 6.45) is 0.976. The first-order chi connectivity index (χ1) is 8.77. The van der Waals surface area contributed by atoms with Crippen molar-refractivity contribution < 1.29 is 28.5 Å². The Hall–Kier alpha value is -0.690. The molecular weight excluding hydrogens is 240 g/mol. The molecule has 1 atom stereocenters. The van der Waals surface area contributed by atoms with Gasteiger partial charge in [0.2, 0.25) is 0 Å². The Labute approximate surface area is 106 Å². The maximum atomic E-state index is 11.1. The Balaban J connectivity index is 1.85. The fourth-order valence-electron chi connectivity index (χ4n) is 2.28. The van der Waals surface area contributed by atoms with Gasteiger partial charge in [-0.05, 0) is 0 Å². The largest absolute Gasteiger partial charge is 0.466 e. The van der Waals surface area contributed by atoms with Gasteiger partial charge in [0.05, 0.1) is 37.9 Å². The van der Waals surface area contributed by atoms with Crippen molar-refractivity contribution in [2.45, 2.75) is 25.9 Å². The molecule has 2 rings (SSSR count). The molecule has 2 heterocycles. The summed E-state index contributed by atoms with van der Waals surface area (Å²) < 4.78 is 26.8. The maximum absolute atomic E-state index is 11.1. The average Bonchev–Trinajstić information content (AvgIpc) is 2.42. The molecule has 104 valence electrons. The highest BCUT2D eigenvalue weighted by Crippen LogP contribution is 2.34. The van der Waals surface area contributed by atoms with E-state index in [0.717, 1.165) is 0 Å². The number of hydrogen-bond donors (Lipinski definition) is 0. The van der Waals surface area contributed by atoms with Gasteiger partial charge in [-0.15, -0.1) is 0 Å². The lowest BCUT2D eigenvalue weighted by Gasteiger charge is -2.44. The average molecular weight is 260 g/mol. The molecule has 6 nitrogen and oxygen atoms in total. The number of rotatable bonds is 4. The van der Waals surface area contributed by atoms with Crippen molar-refractivity contribution in [3.63, 3.8) is 0 Å². The second kappa shape index (κ2) is 6.47. The van der Waals surface area contributed by atoms with Crippen LogP contribution in [-0.2, 0) is 28.5 Å².